The first-order valence-corrected chi connectivity index (χ1v) is 6.80. The van der Waals surface area contributed by atoms with Crippen LogP contribution in [0.4, 0.5) is 5.69 Å². The quantitative estimate of drug-likeness (QED) is 0.710. The number of thiazole rings is 1. The van der Waals surface area contributed by atoms with Crippen molar-refractivity contribution in [3.05, 3.63) is 52.5 Å². The fraction of sp³-hybridized carbons (Fsp3) is 0. The molecule has 3 nitrogen and oxygen atoms in total. The number of rotatable bonds is 2. The molecule has 0 radical (unpaired) electrons. The number of halogens is 1. The minimum Gasteiger partial charge on any atom is -0.506 e. The van der Waals surface area contributed by atoms with Gasteiger partial charge in [-0.25, -0.2) is 4.98 Å². The number of phenols is 1. The van der Waals surface area contributed by atoms with Gasteiger partial charge in [0.2, 0.25) is 0 Å². The molecule has 3 rings (SSSR count). The van der Waals surface area contributed by atoms with Gasteiger partial charge in [0.05, 0.1) is 27.1 Å². The van der Waals surface area contributed by atoms with Gasteiger partial charge in [-0.05, 0) is 30.3 Å². The van der Waals surface area contributed by atoms with Gasteiger partial charge in [-0.3, -0.25) is 4.99 Å². The molecule has 19 heavy (non-hydrogen) atoms. The molecule has 3 aromatic rings. The Bertz CT molecular complexity index is 734. The van der Waals surface area contributed by atoms with Crippen LogP contribution in [0.3, 0.4) is 0 Å². The largest absolute Gasteiger partial charge is 0.506 e. The van der Waals surface area contributed by atoms with Crippen molar-refractivity contribution >= 4 is 45.1 Å². The zero-order chi connectivity index (χ0) is 13.2. The van der Waals surface area contributed by atoms with Crippen LogP contribution in [0.25, 0.3) is 10.2 Å². The zero-order valence-corrected chi connectivity index (χ0v) is 11.3. The summed E-state index contributed by atoms with van der Waals surface area (Å²) < 4.78 is 1.13. The van der Waals surface area contributed by atoms with Crippen LogP contribution in [-0.4, -0.2) is 16.3 Å². The van der Waals surface area contributed by atoms with Crippen molar-refractivity contribution in [2.75, 3.05) is 0 Å². The summed E-state index contributed by atoms with van der Waals surface area (Å²) in [7, 11) is 0. The average molecular weight is 289 g/mol. The first-order valence-electron chi connectivity index (χ1n) is 5.60. The third kappa shape index (κ3) is 2.59. The van der Waals surface area contributed by atoms with E-state index in [0.717, 1.165) is 15.2 Å². The van der Waals surface area contributed by atoms with Gasteiger partial charge in [-0.15, -0.1) is 11.3 Å². The van der Waals surface area contributed by atoms with Crippen LogP contribution >= 0.6 is 22.9 Å². The lowest BCUT2D eigenvalue weighted by Gasteiger charge is -1.96. The van der Waals surface area contributed by atoms with E-state index in [1.54, 1.807) is 29.7 Å². The summed E-state index contributed by atoms with van der Waals surface area (Å²) in [6, 6.07) is 12.8. The van der Waals surface area contributed by atoms with Gasteiger partial charge < -0.3 is 5.11 Å². The number of phenolic OH excluding ortho intramolecular Hbond substituents is 1. The van der Waals surface area contributed by atoms with Crippen molar-refractivity contribution in [3.63, 3.8) is 0 Å². The van der Waals surface area contributed by atoms with Crippen LogP contribution in [0.1, 0.15) is 5.01 Å². The lowest BCUT2D eigenvalue weighted by Crippen LogP contribution is -1.77. The van der Waals surface area contributed by atoms with Gasteiger partial charge in [0.25, 0.3) is 0 Å². The van der Waals surface area contributed by atoms with Crippen LogP contribution < -0.4 is 0 Å². The van der Waals surface area contributed by atoms with E-state index >= 15 is 0 Å². The molecule has 0 aliphatic rings. The summed E-state index contributed by atoms with van der Waals surface area (Å²) in [5.74, 6) is 0.0561. The fourth-order valence-corrected chi connectivity index (χ4v) is 2.67. The van der Waals surface area contributed by atoms with Crippen molar-refractivity contribution in [1.29, 1.82) is 0 Å². The van der Waals surface area contributed by atoms with Crippen molar-refractivity contribution in [2.45, 2.75) is 0 Å². The van der Waals surface area contributed by atoms with Crippen molar-refractivity contribution in [1.82, 2.24) is 4.98 Å². The van der Waals surface area contributed by atoms with Gasteiger partial charge in [0, 0.05) is 0 Å². The molecular weight excluding hydrogens is 280 g/mol. The number of benzene rings is 2. The molecule has 0 atom stereocenters. The minimum atomic E-state index is 0.0561. The number of fused-ring (bicyclic) bond motifs is 1. The number of para-hydroxylation sites is 1. The zero-order valence-electron chi connectivity index (χ0n) is 9.75. The highest BCUT2D eigenvalue weighted by Crippen LogP contribution is 2.28. The number of hydrogen-bond acceptors (Lipinski definition) is 4. The van der Waals surface area contributed by atoms with Crippen LogP contribution in [0.2, 0.25) is 5.02 Å². The second kappa shape index (κ2) is 4.99. The van der Waals surface area contributed by atoms with Crippen LogP contribution in [-0.2, 0) is 0 Å². The number of aromatic nitrogens is 1. The van der Waals surface area contributed by atoms with E-state index in [4.69, 9.17) is 11.6 Å². The Morgan fingerprint density at radius 1 is 1.21 bits per heavy atom. The van der Waals surface area contributed by atoms with E-state index < -0.39 is 0 Å². The summed E-state index contributed by atoms with van der Waals surface area (Å²) in [6.45, 7) is 0. The van der Waals surface area contributed by atoms with Crippen LogP contribution in [0.5, 0.6) is 5.75 Å². The minimum absolute atomic E-state index is 0.0561. The predicted molar refractivity (Wildman–Crippen MR) is 80.0 cm³/mol. The molecular formula is C14H9ClN2OS. The van der Waals surface area contributed by atoms with E-state index in [2.05, 4.69) is 9.98 Å². The highest BCUT2D eigenvalue weighted by atomic mass is 35.5. The van der Waals surface area contributed by atoms with Gasteiger partial charge >= 0.3 is 0 Å². The number of hydrogen-bond donors (Lipinski definition) is 1. The monoisotopic (exact) mass is 288 g/mol. The molecule has 0 saturated carbocycles. The molecule has 2 aromatic carbocycles. The fourth-order valence-electron chi connectivity index (χ4n) is 1.65. The molecule has 0 unspecified atom stereocenters. The Morgan fingerprint density at radius 2 is 2.05 bits per heavy atom. The Kier molecular flexibility index (Phi) is 3.19. The topological polar surface area (TPSA) is 45.5 Å². The number of nitrogens with zero attached hydrogens (tertiary/aromatic N) is 2. The smallest absolute Gasteiger partial charge is 0.135 e. The standard InChI is InChI=1S/C14H9ClN2OS/c15-10-7-9(5-6-12(10)18)16-8-14-17-11-3-1-2-4-13(11)19-14/h1-8,18H. The van der Waals surface area contributed by atoms with Crippen molar-refractivity contribution in [3.8, 4) is 5.75 Å². The Balaban J connectivity index is 1.91. The average Bonchev–Trinajstić information content (AvgIpc) is 2.83. The van der Waals surface area contributed by atoms with Crippen molar-refractivity contribution < 1.29 is 5.11 Å². The van der Waals surface area contributed by atoms with Crippen LogP contribution in [0.15, 0.2) is 47.5 Å². The molecule has 0 spiro atoms. The maximum Gasteiger partial charge on any atom is 0.135 e. The third-order valence-electron chi connectivity index (χ3n) is 2.57. The van der Waals surface area contributed by atoms with Crippen LogP contribution in [0, 0.1) is 0 Å². The Labute approximate surface area is 118 Å². The second-order valence-corrected chi connectivity index (χ2v) is 5.38. The molecule has 0 aliphatic carbocycles. The summed E-state index contributed by atoms with van der Waals surface area (Å²) >= 11 is 7.40. The second-order valence-electron chi connectivity index (χ2n) is 3.91. The first kappa shape index (κ1) is 12.1. The summed E-state index contributed by atoms with van der Waals surface area (Å²) in [6.07, 6.45) is 1.70. The van der Waals surface area contributed by atoms with Crippen molar-refractivity contribution in [2.24, 2.45) is 4.99 Å². The van der Waals surface area contributed by atoms with E-state index in [1.165, 1.54) is 6.07 Å². The molecule has 0 fully saturated rings. The molecule has 1 N–H and O–H groups in total. The SMILES string of the molecule is Oc1ccc(N=Cc2nc3ccccc3s2)cc1Cl. The highest BCUT2D eigenvalue weighted by Gasteiger charge is 2.01. The summed E-state index contributed by atoms with van der Waals surface area (Å²) in [5, 5.41) is 10.5. The number of aliphatic imine (C=N–C) groups is 1. The maximum absolute atomic E-state index is 9.33. The lowest BCUT2D eigenvalue weighted by atomic mass is 10.3. The van der Waals surface area contributed by atoms with Gasteiger partial charge in [0.15, 0.2) is 0 Å². The van der Waals surface area contributed by atoms with E-state index in [1.807, 2.05) is 24.3 Å². The summed E-state index contributed by atoms with van der Waals surface area (Å²) in [4.78, 5) is 8.76. The van der Waals surface area contributed by atoms with Gasteiger partial charge in [-0.1, -0.05) is 23.7 Å². The van der Waals surface area contributed by atoms with E-state index in [9.17, 15) is 5.11 Å². The third-order valence-corrected chi connectivity index (χ3v) is 3.84. The van der Waals surface area contributed by atoms with Gasteiger partial charge in [-0.2, -0.15) is 0 Å². The molecule has 1 heterocycles. The normalized spacial score (nSPS) is 11.4. The molecule has 0 aliphatic heterocycles. The maximum atomic E-state index is 9.33. The molecule has 0 amide bonds. The van der Waals surface area contributed by atoms with Gasteiger partial charge in [0.1, 0.15) is 10.8 Å². The predicted octanol–water partition coefficient (Wildman–Crippen LogP) is 4.41. The molecule has 0 bridgehead atoms. The molecule has 1 aromatic heterocycles. The number of aromatic hydroxyl groups is 1. The summed E-state index contributed by atoms with van der Waals surface area (Å²) in [5.41, 5.74) is 1.65. The van der Waals surface area contributed by atoms with E-state index in [0.29, 0.717) is 10.7 Å². The first-order chi connectivity index (χ1) is 9.22. The molecule has 94 valence electrons. The Hall–Kier alpha value is -1.91. The highest BCUT2D eigenvalue weighted by molar-refractivity contribution is 7.20. The molecule has 0 saturated heterocycles. The van der Waals surface area contributed by atoms with E-state index in [-0.39, 0.29) is 5.75 Å². The Morgan fingerprint density at radius 3 is 2.84 bits per heavy atom. The molecule has 5 heteroatoms. The lowest BCUT2D eigenvalue weighted by molar-refractivity contribution is 0.475.